The fraction of sp³-hybridized carbons (Fsp3) is 0.500. The van der Waals surface area contributed by atoms with Gasteiger partial charge in [0.2, 0.25) is 10.0 Å². The molecule has 0 aliphatic heterocycles. The monoisotopic (exact) mass is 280 g/mol. The second-order valence-electron chi connectivity index (χ2n) is 4.68. The molecule has 0 bridgehead atoms. The first-order valence-corrected chi connectivity index (χ1v) is 8.05. The van der Waals surface area contributed by atoms with Crippen LogP contribution in [-0.2, 0) is 10.0 Å². The lowest BCUT2D eigenvalue weighted by Gasteiger charge is -2.17. The molecule has 2 unspecified atom stereocenters. The number of hydrogen-bond donors (Lipinski definition) is 1. The Hall–Kier alpha value is -1.38. The summed E-state index contributed by atoms with van der Waals surface area (Å²) in [5.41, 5.74) is 1.00. The molecule has 0 fully saturated rings. The van der Waals surface area contributed by atoms with Gasteiger partial charge in [-0.05, 0) is 17.9 Å². The largest absolute Gasteiger partial charge is 0.212 e. The molecule has 19 heavy (non-hydrogen) atoms. The predicted molar refractivity (Wildman–Crippen MR) is 76.1 cm³/mol. The van der Waals surface area contributed by atoms with E-state index in [0.717, 1.165) is 5.56 Å². The van der Waals surface area contributed by atoms with Crippen LogP contribution in [0, 0.1) is 11.3 Å². The molecule has 0 heterocycles. The van der Waals surface area contributed by atoms with Gasteiger partial charge in [0.05, 0.1) is 18.2 Å². The maximum atomic E-state index is 12.0. The van der Waals surface area contributed by atoms with E-state index in [4.69, 9.17) is 5.26 Å². The summed E-state index contributed by atoms with van der Waals surface area (Å²) in [5.74, 6) is -0.0304. The number of rotatable bonds is 7. The Morgan fingerprint density at radius 1 is 1.32 bits per heavy atom. The van der Waals surface area contributed by atoms with E-state index in [1.165, 1.54) is 0 Å². The van der Waals surface area contributed by atoms with Crippen LogP contribution in [0.2, 0.25) is 0 Å². The SMILES string of the molecule is CCC(CC#N)NS(=O)(=O)CC(C)c1ccccc1. The molecule has 0 saturated carbocycles. The maximum Gasteiger partial charge on any atom is 0.212 e. The molecule has 0 aliphatic carbocycles. The Labute approximate surface area is 115 Å². The number of nitrogens with zero attached hydrogens (tertiary/aromatic N) is 1. The van der Waals surface area contributed by atoms with Crippen molar-refractivity contribution < 1.29 is 8.42 Å². The molecule has 0 aromatic heterocycles. The van der Waals surface area contributed by atoms with Crippen LogP contribution in [0.25, 0.3) is 0 Å². The molecule has 104 valence electrons. The van der Waals surface area contributed by atoms with Crippen LogP contribution >= 0.6 is 0 Å². The summed E-state index contributed by atoms with van der Waals surface area (Å²) in [5, 5.41) is 8.64. The average molecular weight is 280 g/mol. The van der Waals surface area contributed by atoms with Crippen LogP contribution in [0.15, 0.2) is 30.3 Å². The third-order valence-corrected chi connectivity index (χ3v) is 4.65. The van der Waals surface area contributed by atoms with Crippen molar-refractivity contribution in [2.24, 2.45) is 0 Å². The number of benzene rings is 1. The Morgan fingerprint density at radius 2 is 1.95 bits per heavy atom. The van der Waals surface area contributed by atoms with Crippen molar-refractivity contribution in [3.05, 3.63) is 35.9 Å². The highest BCUT2D eigenvalue weighted by Gasteiger charge is 2.20. The summed E-state index contributed by atoms with van der Waals surface area (Å²) in [4.78, 5) is 0. The normalized spacial score (nSPS) is 14.6. The molecule has 0 aliphatic rings. The zero-order chi connectivity index (χ0) is 14.3. The number of hydrogen-bond acceptors (Lipinski definition) is 3. The molecule has 2 atom stereocenters. The highest BCUT2D eigenvalue weighted by atomic mass is 32.2. The number of nitriles is 1. The minimum atomic E-state index is -3.36. The number of sulfonamides is 1. The molecule has 1 aromatic rings. The molecular weight excluding hydrogens is 260 g/mol. The Morgan fingerprint density at radius 3 is 2.47 bits per heavy atom. The lowest BCUT2D eigenvalue weighted by molar-refractivity contribution is 0.539. The summed E-state index contributed by atoms with van der Waals surface area (Å²) >= 11 is 0. The lowest BCUT2D eigenvalue weighted by Crippen LogP contribution is -2.36. The first kappa shape index (κ1) is 15.7. The topological polar surface area (TPSA) is 70.0 Å². The van der Waals surface area contributed by atoms with Crippen LogP contribution in [0.5, 0.6) is 0 Å². The summed E-state index contributed by atoms with van der Waals surface area (Å²) in [7, 11) is -3.36. The van der Waals surface area contributed by atoms with Crippen molar-refractivity contribution in [2.75, 3.05) is 5.75 Å². The highest BCUT2D eigenvalue weighted by molar-refractivity contribution is 7.89. The molecule has 1 N–H and O–H groups in total. The Kier molecular flexibility index (Phi) is 6.00. The van der Waals surface area contributed by atoms with Gasteiger partial charge < -0.3 is 0 Å². The zero-order valence-electron chi connectivity index (χ0n) is 11.3. The molecule has 1 aromatic carbocycles. The van der Waals surface area contributed by atoms with Gasteiger partial charge in [-0.1, -0.05) is 44.2 Å². The molecule has 1 rings (SSSR count). The van der Waals surface area contributed by atoms with Gasteiger partial charge >= 0.3 is 0 Å². The van der Waals surface area contributed by atoms with Crippen LogP contribution in [0.4, 0.5) is 0 Å². The molecule has 5 heteroatoms. The molecule has 4 nitrogen and oxygen atoms in total. The van der Waals surface area contributed by atoms with Crippen molar-refractivity contribution in [3.8, 4) is 6.07 Å². The van der Waals surface area contributed by atoms with Gasteiger partial charge in [-0.15, -0.1) is 0 Å². The van der Waals surface area contributed by atoms with Gasteiger partial charge in [0, 0.05) is 6.04 Å². The van der Waals surface area contributed by atoms with E-state index in [9.17, 15) is 8.42 Å². The van der Waals surface area contributed by atoms with Crippen molar-refractivity contribution in [1.29, 1.82) is 5.26 Å². The second kappa shape index (κ2) is 7.27. The van der Waals surface area contributed by atoms with E-state index < -0.39 is 10.0 Å². The average Bonchev–Trinajstić information content (AvgIpc) is 2.38. The smallest absolute Gasteiger partial charge is 0.212 e. The van der Waals surface area contributed by atoms with Gasteiger partial charge in [-0.25, -0.2) is 13.1 Å². The van der Waals surface area contributed by atoms with Gasteiger partial charge in [0.1, 0.15) is 0 Å². The highest BCUT2D eigenvalue weighted by Crippen LogP contribution is 2.16. The fourth-order valence-electron chi connectivity index (χ4n) is 1.89. The van der Waals surface area contributed by atoms with Crippen LogP contribution < -0.4 is 4.72 Å². The first-order chi connectivity index (χ1) is 8.98. The van der Waals surface area contributed by atoms with Crippen molar-refractivity contribution >= 4 is 10.0 Å². The van der Waals surface area contributed by atoms with Gasteiger partial charge in [-0.3, -0.25) is 0 Å². The van der Waals surface area contributed by atoms with E-state index in [1.807, 2.05) is 50.2 Å². The second-order valence-corrected chi connectivity index (χ2v) is 6.48. The van der Waals surface area contributed by atoms with Crippen molar-refractivity contribution in [1.82, 2.24) is 4.72 Å². The Bertz CT molecular complexity index is 520. The zero-order valence-corrected chi connectivity index (χ0v) is 12.2. The van der Waals surface area contributed by atoms with Crippen LogP contribution in [0.1, 0.15) is 38.2 Å². The lowest BCUT2D eigenvalue weighted by atomic mass is 10.0. The minimum Gasteiger partial charge on any atom is -0.212 e. The van der Waals surface area contributed by atoms with E-state index >= 15 is 0 Å². The standard InChI is InChI=1S/C14H20N2O2S/c1-3-14(9-10-15)16-19(17,18)11-12(2)13-7-5-4-6-8-13/h4-8,12,14,16H,3,9,11H2,1-2H3. The van der Waals surface area contributed by atoms with E-state index in [-0.39, 0.29) is 24.1 Å². The molecular formula is C14H20N2O2S. The minimum absolute atomic E-state index is 0.0406. The van der Waals surface area contributed by atoms with Gasteiger partial charge in [0.25, 0.3) is 0 Å². The predicted octanol–water partition coefficient (Wildman–Crippen LogP) is 2.40. The fourth-order valence-corrected chi connectivity index (χ4v) is 3.59. The summed E-state index contributed by atoms with van der Waals surface area (Å²) in [6.07, 6.45) is 0.821. The summed E-state index contributed by atoms with van der Waals surface area (Å²) < 4.78 is 26.7. The maximum absolute atomic E-state index is 12.0. The molecule has 0 radical (unpaired) electrons. The van der Waals surface area contributed by atoms with Crippen LogP contribution in [0.3, 0.4) is 0 Å². The van der Waals surface area contributed by atoms with Gasteiger partial charge in [0.15, 0.2) is 0 Å². The Balaban J connectivity index is 2.67. The molecule has 0 amide bonds. The third-order valence-electron chi connectivity index (χ3n) is 3.01. The summed E-state index contributed by atoms with van der Waals surface area (Å²) in [6.45, 7) is 3.75. The van der Waals surface area contributed by atoms with E-state index in [1.54, 1.807) is 0 Å². The van der Waals surface area contributed by atoms with Crippen molar-refractivity contribution in [2.45, 2.75) is 38.6 Å². The number of nitrogens with one attached hydrogen (secondary N) is 1. The third kappa shape index (κ3) is 5.41. The molecule has 0 spiro atoms. The quantitative estimate of drug-likeness (QED) is 0.833. The first-order valence-electron chi connectivity index (χ1n) is 6.40. The van der Waals surface area contributed by atoms with Gasteiger partial charge in [-0.2, -0.15) is 5.26 Å². The van der Waals surface area contributed by atoms with E-state index in [0.29, 0.717) is 6.42 Å². The van der Waals surface area contributed by atoms with E-state index in [2.05, 4.69) is 4.72 Å². The molecule has 0 saturated heterocycles. The summed E-state index contributed by atoms with van der Waals surface area (Å²) in [6, 6.07) is 11.3. The van der Waals surface area contributed by atoms with Crippen molar-refractivity contribution in [3.63, 3.8) is 0 Å². The van der Waals surface area contributed by atoms with Crippen LogP contribution in [-0.4, -0.2) is 20.2 Å².